The minimum absolute atomic E-state index is 0.840. The fourth-order valence-corrected chi connectivity index (χ4v) is 5.14. The summed E-state index contributed by atoms with van der Waals surface area (Å²) < 4.78 is 4.44. The van der Waals surface area contributed by atoms with Gasteiger partial charge in [0.05, 0.1) is 50.2 Å². The van der Waals surface area contributed by atoms with Gasteiger partial charge in [-0.2, -0.15) is 0 Å². The fraction of sp³-hybridized carbons (Fsp3) is 0. The van der Waals surface area contributed by atoms with Crippen molar-refractivity contribution < 1.29 is 0 Å². The van der Waals surface area contributed by atoms with E-state index in [0.717, 1.165) is 67.0 Å². The molecule has 5 aromatic heterocycles. The van der Waals surface area contributed by atoms with Crippen molar-refractivity contribution >= 4 is 44.4 Å². The van der Waals surface area contributed by atoms with Crippen LogP contribution in [0.25, 0.3) is 67.0 Å². The molecular weight excluding hydrogens is 444 g/mol. The second kappa shape index (κ2) is 7.20. The van der Waals surface area contributed by atoms with Crippen molar-refractivity contribution in [2.24, 2.45) is 0 Å². The zero-order chi connectivity index (χ0) is 23.6. The van der Waals surface area contributed by atoms with Crippen molar-refractivity contribution in [2.75, 3.05) is 0 Å². The molecule has 0 spiro atoms. The summed E-state index contributed by atoms with van der Waals surface area (Å²) in [5, 5.41) is 0. The SMILES string of the molecule is c1ccc(-c2cccc(-c3ccc4c(c3)n3c5ccccc5nc3c3nc5ccccc5n43)n2)nc1. The largest absolute Gasteiger partial charge is 0.288 e. The molecule has 0 saturated heterocycles. The summed E-state index contributed by atoms with van der Waals surface area (Å²) in [5.74, 6) is 0. The average Bonchev–Trinajstić information content (AvgIpc) is 3.53. The van der Waals surface area contributed by atoms with Crippen molar-refractivity contribution in [3.05, 3.63) is 109 Å². The third-order valence-corrected chi connectivity index (χ3v) is 6.75. The zero-order valence-electron chi connectivity index (χ0n) is 19.1. The van der Waals surface area contributed by atoms with Crippen molar-refractivity contribution in [3.8, 4) is 22.6 Å². The Balaban J connectivity index is 1.48. The van der Waals surface area contributed by atoms with Crippen LogP contribution in [0.1, 0.15) is 0 Å². The van der Waals surface area contributed by atoms with Crippen LogP contribution in [-0.4, -0.2) is 28.7 Å². The molecule has 0 aliphatic carbocycles. The predicted molar refractivity (Wildman–Crippen MR) is 143 cm³/mol. The second-order valence-corrected chi connectivity index (χ2v) is 8.85. The lowest BCUT2D eigenvalue weighted by atomic mass is 10.1. The number of pyridine rings is 2. The predicted octanol–water partition coefficient (Wildman–Crippen LogP) is 6.57. The summed E-state index contributed by atoms with van der Waals surface area (Å²) >= 11 is 0. The highest BCUT2D eigenvalue weighted by molar-refractivity contribution is 5.99. The van der Waals surface area contributed by atoms with E-state index in [0.29, 0.717) is 0 Å². The van der Waals surface area contributed by atoms with E-state index in [-0.39, 0.29) is 0 Å². The quantitative estimate of drug-likeness (QED) is 0.292. The Labute approximate surface area is 205 Å². The lowest BCUT2D eigenvalue weighted by Gasteiger charge is -2.11. The lowest BCUT2D eigenvalue weighted by molar-refractivity contribution is 1.20. The summed E-state index contributed by atoms with van der Waals surface area (Å²) in [4.78, 5) is 19.4. The fourth-order valence-electron chi connectivity index (χ4n) is 5.14. The van der Waals surface area contributed by atoms with Gasteiger partial charge >= 0.3 is 0 Å². The third kappa shape index (κ3) is 2.66. The van der Waals surface area contributed by atoms with Crippen LogP contribution >= 0.6 is 0 Å². The van der Waals surface area contributed by atoms with Gasteiger partial charge in [-0.25, -0.2) is 15.0 Å². The van der Waals surface area contributed by atoms with E-state index in [2.05, 4.69) is 68.4 Å². The number of para-hydroxylation sites is 4. The van der Waals surface area contributed by atoms with E-state index in [1.807, 2.05) is 48.5 Å². The standard InChI is InChI=1S/C30H18N6/c1-3-13-25-23(9-1)33-29-30-34-24-10-2-4-14-26(24)36(30)28-18-19(15-16-27(28)35(25)29)20-11-7-12-22(32-20)21-8-5-6-17-31-21/h1-18H. The van der Waals surface area contributed by atoms with Crippen molar-refractivity contribution in [2.45, 2.75) is 0 Å². The maximum absolute atomic E-state index is 5.00. The highest BCUT2D eigenvalue weighted by Gasteiger charge is 2.18. The summed E-state index contributed by atoms with van der Waals surface area (Å²) in [6.07, 6.45) is 1.79. The summed E-state index contributed by atoms with van der Waals surface area (Å²) in [6.45, 7) is 0. The first kappa shape index (κ1) is 19.2. The van der Waals surface area contributed by atoms with Gasteiger partial charge in [0.1, 0.15) is 0 Å². The Bertz CT molecular complexity index is 2100. The van der Waals surface area contributed by atoms with E-state index in [9.17, 15) is 0 Å². The van der Waals surface area contributed by atoms with E-state index in [1.54, 1.807) is 6.20 Å². The molecule has 0 aliphatic rings. The number of rotatable bonds is 2. The van der Waals surface area contributed by atoms with Gasteiger partial charge in [-0.15, -0.1) is 0 Å². The van der Waals surface area contributed by atoms with Crippen LogP contribution in [0.4, 0.5) is 0 Å². The number of fused-ring (bicyclic) bond motifs is 10. The van der Waals surface area contributed by atoms with Gasteiger partial charge in [0.2, 0.25) is 0 Å². The molecule has 0 atom stereocenters. The van der Waals surface area contributed by atoms with Crippen molar-refractivity contribution in [1.82, 2.24) is 28.7 Å². The van der Waals surface area contributed by atoms with Gasteiger partial charge in [-0.1, -0.05) is 42.5 Å². The van der Waals surface area contributed by atoms with Crippen LogP contribution in [-0.2, 0) is 0 Å². The van der Waals surface area contributed by atoms with E-state index in [4.69, 9.17) is 15.0 Å². The Morgan fingerprint density at radius 3 is 1.81 bits per heavy atom. The minimum atomic E-state index is 0.840. The van der Waals surface area contributed by atoms with Gasteiger partial charge in [-0.05, 0) is 60.7 Å². The summed E-state index contributed by atoms with van der Waals surface area (Å²) in [7, 11) is 0. The van der Waals surface area contributed by atoms with Gasteiger partial charge in [0.25, 0.3) is 0 Å². The van der Waals surface area contributed by atoms with Gasteiger partial charge in [0.15, 0.2) is 11.3 Å². The lowest BCUT2D eigenvalue weighted by Crippen LogP contribution is -1.98. The Hall–Kier alpha value is -5.10. The highest BCUT2D eigenvalue weighted by atomic mass is 15.1. The van der Waals surface area contributed by atoms with Crippen molar-refractivity contribution in [1.29, 1.82) is 0 Å². The number of benzene rings is 3. The summed E-state index contributed by atoms with van der Waals surface area (Å²) in [6, 6.07) is 34.9. The van der Waals surface area contributed by atoms with E-state index < -0.39 is 0 Å². The molecule has 3 aromatic carbocycles. The molecule has 0 unspecified atom stereocenters. The molecule has 168 valence electrons. The normalized spacial score (nSPS) is 11.9. The monoisotopic (exact) mass is 462 g/mol. The first-order chi connectivity index (χ1) is 17.8. The number of nitrogens with zero attached hydrogens (tertiary/aromatic N) is 6. The van der Waals surface area contributed by atoms with Crippen LogP contribution in [0.3, 0.4) is 0 Å². The molecular formula is C30H18N6. The van der Waals surface area contributed by atoms with Crippen LogP contribution in [0, 0.1) is 0 Å². The average molecular weight is 463 g/mol. The van der Waals surface area contributed by atoms with Gasteiger partial charge in [-0.3, -0.25) is 13.8 Å². The molecule has 0 N–H and O–H groups in total. The molecule has 0 radical (unpaired) electrons. The maximum atomic E-state index is 5.00. The van der Waals surface area contributed by atoms with Crippen LogP contribution in [0.15, 0.2) is 109 Å². The highest BCUT2D eigenvalue weighted by Crippen LogP contribution is 2.32. The zero-order valence-corrected chi connectivity index (χ0v) is 19.1. The molecule has 6 nitrogen and oxygen atoms in total. The molecule has 0 aliphatic heterocycles. The Morgan fingerprint density at radius 2 is 1.08 bits per heavy atom. The number of imidazole rings is 2. The molecule has 8 rings (SSSR count). The molecule has 5 heterocycles. The molecule has 36 heavy (non-hydrogen) atoms. The smallest absolute Gasteiger partial charge is 0.182 e. The third-order valence-electron chi connectivity index (χ3n) is 6.75. The molecule has 0 fully saturated rings. The van der Waals surface area contributed by atoms with Crippen LogP contribution in [0.2, 0.25) is 0 Å². The van der Waals surface area contributed by atoms with E-state index >= 15 is 0 Å². The molecule has 8 aromatic rings. The summed E-state index contributed by atoms with van der Waals surface area (Å²) in [5.41, 5.74) is 11.5. The molecule has 6 heteroatoms. The maximum Gasteiger partial charge on any atom is 0.182 e. The van der Waals surface area contributed by atoms with Crippen LogP contribution in [0.5, 0.6) is 0 Å². The number of hydrogen-bond donors (Lipinski definition) is 0. The molecule has 0 saturated carbocycles. The topological polar surface area (TPSA) is 60.4 Å². The van der Waals surface area contributed by atoms with Crippen molar-refractivity contribution in [3.63, 3.8) is 0 Å². The van der Waals surface area contributed by atoms with E-state index in [1.165, 1.54) is 0 Å². The number of aromatic nitrogens is 6. The first-order valence-electron chi connectivity index (χ1n) is 11.8. The van der Waals surface area contributed by atoms with Gasteiger partial charge in [0, 0.05) is 11.8 Å². The molecule has 0 amide bonds. The van der Waals surface area contributed by atoms with Gasteiger partial charge < -0.3 is 0 Å². The molecule has 0 bridgehead atoms. The van der Waals surface area contributed by atoms with Crippen LogP contribution < -0.4 is 0 Å². The Kier molecular flexibility index (Phi) is 3.85. The Morgan fingerprint density at radius 1 is 0.444 bits per heavy atom. The first-order valence-corrected chi connectivity index (χ1v) is 11.8. The number of hydrogen-bond acceptors (Lipinski definition) is 4. The second-order valence-electron chi connectivity index (χ2n) is 8.85. The minimum Gasteiger partial charge on any atom is -0.288 e.